The van der Waals surface area contributed by atoms with Gasteiger partial charge >= 0.3 is 17.9 Å². The van der Waals surface area contributed by atoms with Crippen molar-refractivity contribution in [1.82, 2.24) is 115 Å². The van der Waals surface area contributed by atoms with Crippen LogP contribution in [0.15, 0.2) is 86.0 Å². The summed E-state index contributed by atoms with van der Waals surface area (Å²) in [5, 5.41) is 78.5. The van der Waals surface area contributed by atoms with E-state index >= 15 is 4.79 Å². The van der Waals surface area contributed by atoms with Crippen LogP contribution >= 0.6 is 100 Å². The number of hydrogen-bond donors (Lipinski definition) is 33. The number of aromatic amines is 4. The highest BCUT2D eigenvalue weighted by atomic mass is 32.2. The third kappa shape index (κ3) is 35.4. The number of H-pyrrole nitrogens is 4. The maximum Gasteiger partial charge on any atom is 0.326 e. The third-order valence-corrected chi connectivity index (χ3v) is 23.7. The molecule has 54 heteroatoms. The van der Waals surface area contributed by atoms with Crippen LogP contribution in [0.3, 0.4) is 0 Å². The minimum absolute atomic E-state index is 0.0396. The molecule has 0 unspecified atom stereocenters. The Labute approximate surface area is 810 Å². The van der Waals surface area contributed by atoms with Gasteiger partial charge in [0.2, 0.25) is 88.6 Å². The lowest BCUT2D eigenvalue weighted by Crippen LogP contribution is -2.62. The number of thioether (sulfide) groups is 1. The molecule has 0 spiro atoms. The van der Waals surface area contributed by atoms with E-state index in [0.29, 0.717) is 32.9 Å². The topological polar surface area (TPSA) is 725 Å². The van der Waals surface area contributed by atoms with Crippen LogP contribution in [-0.2, 0) is 112 Å². The van der Waals surface area contributed by atoms with E-state index in [0.717, 1.165) is 0 Å². The van der Waals surface area contributed by atoms with Crippen molar-refractivity contribution < 1.29 is 102 Å². The Morgan fingerprint density at radius 1 is 0.396 bits per heavy atom. The Morgan fingerprint density at radius 3 is 1.04 bits per heavy atom. The number of guanidine groups is 1. The highest BCUT2D eigenvalue weighted by Gasteiger charge is 2.40. The highest BCUT2D eigenvalue weighted by molar-refractivity contribution is 7.98. The second kappa shape index (κ2) is 56.6. The Bertz CT molecular complexity index is 5060. The van der Waals surface area contributed by atoms with Gasteiger partial charge in [-0.3, -0.25) is 86.9 Å². The predicted molar refractivity (Wildman–Crippen MR) is 516 cm³/mol. The lowest BCUT2D eigenvalue weighted by atomic mass is 10.0. The first-order valence-electron chi connectivity index (χ1n) is 41.7. The van der Waals surface area contributed by atoms with E-state index in [1.165, 1.54) is 49.2 Å². The van der Waals surface area contributed by atoms with Gasteiger partial charge in [0.05, 0.1) is 25.1 Å². The summed E-state index contributed by atoms with van der Waals surface area (Å²) in [5.41, 5.74) is 13.7. The van der Waals surface area contributed by atoms with Gasteiger partial charge in [0.15, 0.2) is 5.96 Å². The summed E-state index contributed by atoms with van der Waals surface area (Å²) in [6.07, 6.45) is 5.75. The zero-order chi connectivity index (χ0) is 99.0. The Kier molecular flexibility index (Phi) is 46.9. The van der Waals surface area contributed by atoms with Crippen LogP contribution in [0.25, 0.3) is 21.8 Å². The molecule has 2 aromatic carbocycles. The van der Waals surface area contributed by atoms with Crippen LogP contribution in [0.1, 0.15) is 74.9 Å². The third-order valence-electron chi connectivity index (χ3n) is 20.5. The van der Waals surface area contributed by atoms with Crippen molar-refractivity contribution in [3.63, 3.8) is 0 Å². The molecule has 732 valence electrons. The number of nitrogens with zero attached hydrogens (tertiary/aromatic N) is 2. The van der Waals surface area contributed by atoms with Crippen molar-refractivity contribution in [2.24, 2.45) is 17.4 Å². The number of hydrogen-bond acceptors (Lipinski definition) is 30. The van der Waals surface area contributed by atoms with Crippen molar-refractivity contribution in [3.05, 3.63) is 108 Å². The number of aromatic nitrogens is 6. The van der Waals surface area contributed by atoms with Gasteiger partial charge < -0.3 is 132 Å². The number of rotatable bonds is 59. The molecule has 134 heavy (non-hydrogen) atoms. The van der Waals surface area contributed by atoms with Crippen LogP contribution < -0.4 is 96.5 Å². The van der Waals surface area contributed by atoms with Gasteiger partial charge in [-0.25, -0.2) is 14.8 Å². The first kappa shape index (κ1) is 111. The zero-order valence-corrected chi connectivity index (χ0v) is 79.7. The van der Waals surface area contributed by atoms with Crippen LogP contribution in [0.5, 0.6) is 0 Å². The van der Waals surface area contributed by atoms with Crippen molar-refractivity contribution in [2.75, 3.05) is 58.8 Å². The maximum atomic E-state index is 15.1. The molecule has 0 radical (unpaired) electrons. The fourth-order valence-electron chi connectivity index (χ4n) is 13.2. The first-order chi connectivity index (χ1) is 63.8. The van der Waals surface area contributed by atoms with E-state index in [1.54, 1.807) is 68.6 Å². The standard InChI is InChI=1S/C80H113N25O21S8/c1-37(2)63(79(125)126)105-78(124)60(34-133)101-67(113)49(16-18-134-3)93-70(116)52(21-40-26-84-35-89-40)96-68(114)50(19-38-24-87-45-11-6-4-9-42(38)45)94-66(112)48(14-15-61(106)107)92-74(120)56(30-129)103-72(118)54(23-62(108)109)98-69(115)51(20-39-25-88-46-12-7-5-10-43(39)46)95-75(121)57(31-130)102-71(117)53(22-41-27-85-36-90-41)97-76(122)58(32-131)104-77(123)59(33-132)100-65(111)47(13-8-17-86-80(82)83)91-73(119)55(29-128)99-64(110)44(81)28-127/h4-7,9-12,24-27,35-37,44,47-60,63,87-88,127-133H,8,13-23,28-34,81H2,1-3H3,(H,84,89)(H,85,90)(H,91,119)(H,92,120)(H,93,116)(H,94,112)(H,95,121)(H,96,114)(H,97,122)(H,98,115)(H,99,110)(H,100,111)(H,101,113)(H,102,117)(H,103,118)(H,104,123)(H,105,124)(H,106,107)(H,108,109)(H,125,126)(H4,82,83,86)/t44-,47-,48-,49-,50-,51-,52-,53-,54-,55-,56-,57-,58-,59-,60-,63-/m0/s1. The van der Waals surface area contributed by atoms with Gasteiger partial charge in [-0.05, 0) is 66.9 Å². The molecule has 4 heterocycles. The second-order valence-electron chi connectivity index (χ2n) is 30.8. The summed E-state index contributed by atoms with van der Waals surface area (Å²) in [7, 11) is 0. The first-order valence-corrected chi connectivity index (χ1v) is 47.5. The largest absolute Gasteiger partial charge is 0.481 e. The number of fused-ring (bicyclic) bond motifs is 2. The highest BCUT2D eigenvalue weighted by Crippen LogP contribution is 2.23. The Morgan fingerprint density at radius 2 is 0.709 bits per heavy atom. The molecule has 46 nitrogen and oxygen atoms in total. The molecule has 0 saturated heterocycles. The molecule has 4 aromatic heterocycles. The van der Waals surface area contributed by atoms with Gasteiger partial charge in [-0.1, -0.05) is 50.2 Å². The van der Waals surface area contributed by atoms with Crippen LogP contribution in [0.2, 0.25) is 0 Å². The molecular formula is C80H113N25O21S8. The monoisotopic (exact) mass is 2020 g/mol. The minimum Gasteiger partial charge on any atom is -0.481 e. The number of para-hydroxylation sites is 2. The van der Waals surface area contributed by atoms with Gasteiger partial charge in [-0.15, -0.1) is 0 Å². The number of carboxylic acids is 3. The zero-order valence-electron chi connectivity index (χ0n) is 72.6. The lowest BCUT2D eigenvalue weighted by Gasteiger charge is -2.28. The number of amides is 15. The molecule has 16 atom stereocenters. The second-order valence-corrected chi connectivity index (χ2v) is 34.3. The summed E-state index contributed by atoms with van der Waals surface area (Å²) < 4.78 is 0. The van der Waals surface area contributed by atoms with Crippen molar-refractivity contribution in [3.8, 4) is 0 Å². The van der Waals surface area contributed by atoms with Gasteiger partial charge in [0.25, 0.3) is 0 Å². The van der Waals surface area contributed by atoms with Gasteiger partial charge in [0.1, 0.15) is 90.6 Å². The SMILES string of the molecule is CSCC[C@H](NC(=O)[C@H](Cc1cnc[nH]1)NC(=O)[C@H](Cc1c[nH]c2ccccc12)NC(=O)[C@H](CCC(=O)O)NC(=O)[C@H](CS)NC(=O)[C@H](CC(=O)O)NC(=O)[C@H](Cc1c[nH]c2ccccc12)NC(=O)[C@H](CS)NC(=O)[C@H](Cc1cnc[nH]1)NC(=O)[C@H](CS)NC(=O)[C@H](CS)NC(=O)[C@H](CCCNC(=N)N)NC(=O)[C@H](CS)NC(=O)[C@@H](N)CS)C(=O)N[C@@H](CS)C(=O)N[C@H](C(=O)O)C(C)C. The van der Waals surface area contributed by atoms with Gasteiger partial charge in [0, 0.05) is 137 Å². The Balaban J connectivity index is 1.22. The number of carbonyl (C=O) groups is 18. The molecule has 0 aliphatic heterocycles. The molecule has 0 saturated carbocycles. The summed E-state index contributed by atoms with van der Waals surface area (Å²) >= 11 is 30.8. The van der Waals surface area contributed by atoms with Crippen molar-refractivity contribution in [2.45, 2.75) is 175 Å². The summed E-state index contributed by atoms with van der Waals surface area (Å²) in [5.74, 6) is -23.3. The number of benzene rings is 2. The minimum atomic E-state index is -2.12. The number of imidazole rings is 2. The van der Waals surface area contributed by atoms with E-state index in [1.807, 2.05) is 0 Å². The molecule has 15 amide bonds. The van der Waals surface area contributed by atoms with Crippen LogP contribution in [0.4, 0.5) is 0 Å². The maximum absolute atomic E-state index is 15.1. The van der Waals surface area contributed by atoms with E-state index in [4.69, 9.17) is 16.9 Å². The number of aliphatic carboxylic acids is 3. The molecular weight excluding hydrogens is 1900 g/mol. The molecule has 6 rings (SSSR count). The number of nitrogens with one attached hydrogen (secondary N) is 21. The summed E-state index contributed by atoms with van der Waals surface area (Å²) in [6.45, 7) is 3.19. The van der Waals surface area contributed by atoms with E-state index in [2.05, 4.69) is 203 Å². The van der Waals surface area contributed by atoms with E-state index in [9.17, 15) is 96.8 Å². The van der Waals surface area contributed by atoms with Crippen molar-refractivity contribution in [1.29, 1.82) is 5.41 Å². The molecule has 0 fully saturated rings. The number of thiol groups is 7. The van der Waals surface area contributed by atoms with Crippen LogP contribution in [-0.4, -0.2) is 313 Å². The van der Waals surface area contributed by atoms with E-state index < -0.39 is 258 Å². The summed E-state index contributed by atoms with van der Waals surface area (Å²) in [6, 6.07) is -11.8. The Hall–Kier alpha value is -11.6. The normalized spacial score (nSPS) is 14.8. The average molecular weight is 2020 g/mol. The van der Waals surface area contributed by atoms with Crippen LogP contribution in [0, 0.1) is 11.3 Å². The number of carbonyl (C=O) groups excluding carboxylic acids is 15. The smallest absolute Gasteiger partial charge is 0.326 e. The van der Waals surface area contributed by atoms with Crippen molar-refractivity contribution >= 4 is 234 Å². The quantitative estimate of drug-likeness (QED) is 0.00733. The lowest BCUT2D eigenvalue weighted by molar-refractivity contribution is -0.143. The number of carboxylic acid groups (broad SMARTS) is 3. The molecule has 6 aromatic rings. The molecule has 0 aliphatic rings. The average Bonchev–Trinajstić information content (AvgIpc) is 1.66. The fraction of sp³-hybridized carbons (Fsp3) is 0.487. The molecule has 0 aliphatic carbocycles. The summed E-state index contributed by atoms with van der Waals surface area (Å²) in [4.78, 5) is 271. The van der Waals surface area contributed by atoms with Gasteiger partial charge in [-0.2, -0.15) is 100 Å². The fourth-order valence-corrected chi connectivity index (χ4v) is 15.3. The molecule has 0 bridgehead atoms. The number of nitrogens with two attached hydrogens (primary N) is 2. The predicted octanol–water partition coefficient (Wildman–Crippen LogP) is -5.43. The molecule has 28 N–H and O–H groups in total. The van der Waals surface area contributed by atoms with E-state index in [-0.39, 0.29) is 85.4 Å².